The van der Waals surface area contributed by atoms with E-state index in [1.54, 1.807) is 0 Å². The molecule has 3 rings (SSSR count). The van der Waals surface area contributed by atoms with Gasteiger partial charge in [0.05, 0.1) is 0 Å². The zero-order valence-electron chi connectivity index (χ0n) is 11.7. The summed E-state index contributed by atoms with van der Waals surface area (Å²) in [6.45, 7) is 0. The second-order valence-electron chi connectivity index (χ2n) is 4.89. The van der Waals surface area contributed by atoms with E-state index in [2.05, 4.69) is 36.4 Å². The van der Waals surface area contributed by atoms with Gasteiger partial charge in [0, 0.05) is 0 Å². The average molecular weight is 392 g/mol. The van der Waals surface area contributed by atoms with Crippen molar-refractivity contribution in [3.05, 3.63) is 94.5 Å². The van der Waals surface area contributed by atoms with E-state index >= 15 is 0 Å². The summed E-state index contributed by atoms with van der Waals surface area (Å²) in [5.74, 6) is 0.179. The third kappa shape index (κ3) is 3.74. The molecule has 110 valence electrons. The topological polar surface area (TPSA) is 0 Å². The van der Waals surface area contributed by atoms with Gasteiger partial charge in [-0.1, -0.05) is 0 Å². The van der Waals surface area contributed by atoms with Gasteiger partial charge in [0.25, 0.3) is 0 Å². The van der Waals surface area contributed by atoms with E-state index in [1.807, 2.05) is 42.5 Å². The number of rotatable bonds is 4. The van der Waals surface area contributed by atoms with Crippen LogP contribution in [0.3, 0.4) is 0 Å². The molecule has 1 aliphatic rings. The molecule has 2 aromatic rings. The summed E-state index contributed by atoms with van der Waals surface area (Å²) in [7, 11) is 0. The molecule has 3 heteroatoms. The fourth-order valence-corrected chi connectivity index (χ4v) is 4.92. The first-order valence-electron chi connectivity index (χ1n) is 6.97. The number of hydrogen-bond donors (Lipinski definition) is 0. The molecule has 0 atom stereocenters. The van der Waals surface area contributed by atoms with Crippen molar-refractivity contribution < 1.29 is 0 Å². The van der Waals surface area contributed by atoms with Crippen LogP contribution in [-0.2, 0) is 0 Å². The molecule has 0 saturated heterocycles. The molecule has 0 aliphatic heterocycles. The Morgan fingerprint density at radius 2 is 1.50 bits per heavy atom. The van der Waals surface area contributed by atoms with Crippen LogP contribution in [0, 0.1) is 5.92 Å². The molecule has 1 aliphatic carbocycles. The molecule has 0 nitrogen and oxygen atoms in total. The monoisotopic (exact) mass is 392 g/mol. The van der Waals surface area contributed by atoms with Crippen LogP contribution in [0.1, 0.15) is 5.56 Å². The van der Waals surface area contributed by atoms with Crippen molar-refractivity contribution in [2.45, 2.75) is 0 Å². The van der Waals surface area contributed by atoms with E-state index in [1.165, 1.54) is 8.93 Å². The van der Waals surface area contributed by atoms with Crippen molar-refractivity contribution in [2.24, 2.45) is 5.92 Å². The fourth-order valence-electron chi connectivity index (χ4n) is 2.21. The Labute approximate surface area is 147 Å². The molecular weight excluding hydrogens is 378 g/mol. The summed E-state index contributed by atoms with van der Waals surface area (Å²) in [4.78, 5) is 0. The van der Waals surface area contributed by atoms with Gasteiger partial charge in [0.15, 0.2) is 0 Å². The maximum atomic E-state index is 6.74. The average Bonchev–Trinajstić information content (AvgIpc) is 3.08. The molecule has 0 radical (unpaired) electrons. The summed E-state index contributed by atoms with van der Waals surface area (Å²) in [6.07, 6.45) is 8.34. The summed E-state index contributed by atoms with van der Waals surface area (Å²) in [5, 5.41) is 1.64. The van der Waals surface area contributed by atoms with Crippen LogP contribution in [0.25, 0.3) is 4.47 Å². The molecule has 0 unspecified atom stereocenters. The Morgan fingerprint density at radius 3 is 2.14 bits per heavy atom. The Hall–Kier alpha value is -1.24. The molecule has 0 N–H and O–H groups in total. The molecular formula is C19H14Cl2Se. The van der Waals surface area contributed by atoms with Crippen LogP contribution in [0.5, 0.6) is 0 Å². The zero-order valence-corrected chi connectivity index (χ0v) is 15.0. The van der Waals surface area contributed by atoms with Gasteiger partial charge in [-0.15, -0.1) is 0 Å². The minimum atomic E-state index is 0.149. The van der Waals surface area contributed by atoms with E-state index in [-0.39, 0.29) is 20.9 Å². The number of hydrogen-bond acceptors (Lipinski definition) is 0. The van der Waals surface area contributed by atoms with E-state index in [4.69, 9.17) is 23.2 Å². The minimum absolute atomic E-state index is 0.149. The molecule has 0 spiro atoms. The van der Waals surface area contributed by atoms with Gasteiger partial charge in [-0.05, 0) is 0 Å². The van der Waals surface area contributed by atoms with Crippen molar-refractivity contribution in [1.29, 1.82) is 0 Å². The van der Waals surface area contributed by atoms with Gasteiger partial charge in [-0.2, -0.15) is 0 Å². The molecule has 0 amide bonds. The molecule has 0 heterocycles. The normalized spacial score (nSPS) is 15.2. The van der Waals surface area contributed by atoms with Crippen molar-refractivity contribution >= 4 is 47.1 Å². The van der Waals surface area contributed by atoms with Crippen molar-refractivity contribution in [2.75, 3.05) is 0 Å². The SMILES string of the molecule is Cl/C(=C(/[Se]c1ccccc1)c1ccc(Cl)cc1)C1C=CC=C1. The van der Waals surface area contributed by atoms with Gasteiger partial charge in [-0.3, -0.25) is 0 Å². The van der Waals surface area contributed by atoms with Crippen LogP contribution < -0.4 is 4.46 Å². The van der Waals surface area contributed by atoms with Crippen LogP contribution in [-0.4, -0.2) is 15.0 Å². The third-order valence-electron chi connectivity index (χ3n) is 3.33. The molecule has 0 fully saturated rings. The summed E-state index contributed by atoms with van der Waals surface area (Å²) in [6, 6.07) is 18.4. The fraction of sp³-hybridized carbons (Fsp3) is 0.0526. The predicted octanol–water partition coefficient (Wildman–Crippen LogP) is 5.02. The molecule has 0 bridgehead atoms. The Kier molecular flexibility index (Phi) is 5.23. The second kappa shape index (κ2) is 7.35. The maximum absolute atomic E-state index is 6.74. The summed E-state index contributed by atoms with van der Waals surface area (Å²) in [5.41, 5.74) is 1.15. The quantitative estimate of drug-likeness (QED) is 0.642. The van der Waals surface area contributed by atoms with Gasteiger partial charge in [0.1, 0.15) is 0 Å². The standard InChI is InChI=1S/C19H14Cl2Se/c20-16-12-10-15(11-13-16)19(18(21)14-6-4-5-7-14)22-17-8-2-1-3-9-17/h1-14H/b19-18+. The predicted molar refractivity (Wildman–Crippen MR) is 97.8 cm³/mol. The third-order valence-corrected chi connectivity index (χ3v) is 6.72. The Bertz CT molecular complexity index is 716. The van der Waals surface area contributed by atoms with Crippen molar-refractivity contribution in [3.63, 3.8) is 0 Å². The number of benzene rings is 2. The van der Waals surface area contributed by atoms with E-state index in [0.29, 0.717) is 0 Å². The Balaban J connectivity index is 2.01. The number of allylic oxidation sites excluding steroid dienone is 5. The first kappa shape index (κ1) is 15.6. The van der Waals surface area contributed by atoms with E-state index < -0.39 is 0 Å². The second-order valence-corrected chi connectivity index (χ2v) is 8.01. The summed E-state index contributed by atoms with van der Waals surface area (Å²) >= 11 is 12.9. The number of halogens is 2. The molecule has 0 saturated carbocycles. The zero-order chi connectivity index (χ0) is 15.4. The van der Waals surface area contributed by atoms with Crippen LogP contribution in [0.15, 0.2) is 83.9 Å². The van der Waals surface area contributed by atoms with Crippen LogP contribution in [0.2, 0.25) is 5.02 Å². The van der Waals surface area contributed by atoms with Crippen LogP contribution in [0.4, 0.5) is 0 Å². The molecule has 2 aromatic carbocycles. The van der Waals surface area contributed by atoms with E-state index in [9.17, 15) is 0 Å². The first-order valence-corrected chi connectivity index (χ1v) is 9.44. The van der Waals surface area contributed by atoms with Gasteiger partial charge >= 0.3 is 148 Å². The molecule has 22 heavy (non-hydrogen) atoms. The van der Waals surface area contributed by atoms with Gasteiger partial charge < -0.3 is 0 Å². The molecule has 0 aromatic heterocycles. The first-order chi connectivity index (χ1) is 10.7. The van der Waals surface area contributed by atoms with Crippen molar-refractivity contribution in [1.82, 2.24) is 0 Å². The summed E-state index contributed by atoms with van der Waals surface area (Å²) < 4.78 is 2.52. The van der Waals surface area contributed by atoms with Gasteiger partial charge in [-0.25, -0.2) is 0 Å². The van der Waals surface area contributed by atoms with Gasteiger partial charge in [0.2, 0.25) is 0 Å². The van der Waals surface area contributed by atoms with Crippen molar-refractivity contribution in [3.8, 4) is 0 Å². The Morgan fingerprint density at radius 1 is 0.864 bits per heavy atom. The van der Waals surface area contributed by atoms with E-state index in [0.717, 1.165) is 15.6 Å². The van der Waals surface area contributed by atoms with Crippen LogP contribution >= 0.6 is 23.2 Å².